The highest BCUT2D eigenvalue weighted by Gasteiger charge is 2.14. The predicted molar refractivity (Wildman–Crippen MR) is 86.2 cm³/mol. The molecule has 0 aromatic heterocycles. The highest BCUT2D eigenvalue weighted by molar-refractivity contribution is 7.89. The van der Waals surface area contributed by atoms with E-state index in [4.69, 9.17) is 11.6 Å². The standard InChI is InChI=1S/C14H21ClN2O3S/c1-3-4-10-21(19,20)16-8-9-17(12(2)18)14-7-5-6-13(15)11-14/h5-7,11,16H,3-4,8-10H2,1-2H3. The Bertz CT molecular complexity index is 575. The lowest BCUT2D eigenvalue weighted by molar-refractivity contribution is -0.116. The van der Waals surface area contributed by atoms with E-state index in [0.29, 0.717) is 17.1 Å². The number of nitrogens with one attached hydrogen (secondary N) is 1. The summed E-state index contributed by atoms with van der Waals surface area (Å²) in [6.07, 6.45) is 1.45. The summed E-state index contributed by atoms with van der Waals surface area (Å²) in [5.41, 5.74) is 0.655. The number of nitrogens with zero attached hydrogens (tertiary/aromatic N) is 1. The lowest BCUT2D eigenvalue weighted by Gasteiger charge is -2.21. The number of halogens is 1. The van der Waals surface area contributed by atoms with Crippen LogP contribution in [0.2, 0.25) is 5.02 Å². The molecule has 0 aliphatic heterocycles. The van der Waals surface area contributed by atoms with E-state index in [0.717, 1.165) is 6.42 Å². The van der Waals surface area contributed by atoms with Crippen molar-refractivity contribution in [2.24, 2.45) is 0 Å². The predicted octanol–water partition coefficient (Wildman–Crippen LogP) is 2.41. The minimum absolute atomic E-state index is 0.112. The zero-order valence-corrected chi connectivity index (χ0v) is 13.9. The molecule has 1 N–H and O–H groups in total. The van der Waals surface area contributed by atoms with Crippen LogP contribution in [-0.2, 0) is 14.8 Å². The second kappa shape index (κ2) is 8.36. The fraction of sp³-hybridized carbons (Fsp3) is 0.500. The molecule has 1 aromatic rings. The molecule has 0 radical (unpaired) electrons. The average molecular weight is 333 g/mol. The molecule has 1 rings (SSSR count). The highest BCUT2D eigenvalue weighted by Crippen LogP contribution is 2.19. The molecule has 0 fully saturated rings. The van der Waals surface area contributed by atoms with E-state index < -0.39 is 10.0 Å². The third-order valence-corrected chi connectivity index (χ3v) is 4.63. The molecule has 0 bridgehead atoms. The van der Waals surface area contributed by atoms with Crippen LogP contribution >= 0.6 is 11.6 Å². The van der Waals surface area contributed by atoms with Gasteiger partial charge in [0.15, 0.2) is 0 Å². The zero-order chi connectivity index (χ0) is 15.9. The summed E-state index contributed by atoms with van der Waals surface area (Å²) in [6.45, 7) is 3.82. The second-order valence-electron chi connectivity index (χ2n) is 4.72. The molecular formula is C14H21ClN2O3S. The van der Waals surface area contributed by atoms with Crippen LogP contribution in [0.4, 0.5) is 5.69 Å². The van der Waals surface area contributed by atoms with E-state index in [1.165, 1.54) is 11.8 Å². The van der Waals surface area contributed by atoms with Crippen molar-refractivity contribution in [2.45, 2.75) is 26.7 Å². The van der Waals surface area contributed by atoms with E-state index in [1.54, 1.807) is 24.3 Å². The largest absolute Gasteiger partial charge is 0.311 e. The highest BCUT2D eigenvalue weighted by atomic mass is 35.5. The van der Waals surface area contributed by atoms with Crippen molar-refractivity contribution in [1.82, 2.24) is 4.72 Å². The van der Waals surface area contributed by atoms with Gasteiger partial charge in [-0.3, -0.25) is 4.79 Å². The van der Waals surface area contributed by atoms with Crippen LogP contribution in [0, 0.1) is 0 Å². The first-order chi connectivity index (χ1) is 9.85. The molecule has 118 valence electrons. The molecule has 0 unspecified atom stereocenters. The third-order valence-electron chi connectivity index (χ3n) is 2.92. The molecule has 0 saturated heterocycles. The first kappa shape index (κ1) is 17.9. The summed E-state index contributed by atoms with van der Waals surface area (Å²) in [4.78, 5) is 13.2. The Labute approximate surface area is 131 Å². The summed E-state index contributed by atoms with van der Waals surface area (Å²) >= 11 is 5.91. The summed E-state index contributed by atoms with van der Waals surface area (Å²) < 4.78 is 25.9. The molecule has 0 aliphatic rings. The number of anilines is 1. The molecule has 0 saturated carbocycles. The number of carbonyl (C=O) groups is 1. The maximum Gasteiger partial charge on any atom is 0.223 e. The fourth-order valence-corrected chi connectivity index (χ4v) is 3.23. The lowest BCUT2D eigenvalue weighted by Crippen LogP contribution is -2.38. The average Bonchev–Trinajstić information content (AvgIpc) is 2.41. The van der Waals surface area contributed by atoms with Crippen LogP contribution in [0.1, 0.15) is 26.7 Å². The van der Waals surface area contributed by atoms with Crippen molar-refractivity contribution in [1.29, 1.82) is 0 Å². The summed E-state index contributed by atoms with van der Waals surface area (Å²) in [7, 11) is -3.27. The summed E-state index contributed by atoms with van der Waals surface area (Å²) in [5.74, 6) is -0.0502. The van der Waals surface area contributed by atoms with Crippen molar-refractivity contribution in [3.05, 3.63) is 29.3 Å². The lowest BCUT2D eigenvalue weighted by atomic mass is 10.3. The smallest absolute Gasteiger partial charge is 0.223 e. The number of hydrogen-bond acceptors (Lipinski definition) is 3. The molecule has 0 heterocycles. The van der Waals surface area contributed by atoms with Gasteiger partial charge >= 0.3 is 0 Å². The van der Waals surface area contributed by atoms with Crippen LogP contribution in [0.15, 0.2) is 24.3 Å². The zero-order valence-electron chi connectivity index (χ0n) is 12.3. The van der Waals surface area contributed by atoms with Crippen molar-refractivity contribution in [3.8, 4) is 0 Å². The van der Waals surface area contributed by atoms with E-state index in [9.17, 15) is 13.2 Å². The van der Waals surface area contributed by atoms with E-state index in [-0.39, 0.29) is 24.7 Å². The van der Waals surface area contributed by atoms with Gasteiger partial charge < -0.3 is 4.90 Å². The SMILES string of the molecule is CCCCS(=O)(=O)NCCN(C(C)=O)c1cccc(Cl)c1. The molecule has 0 spiro atoms. The van der Waals surface area contributed by atoms with Crippen molar-refractivity contribution < 1.29 is 13.2 Å². The Hall–Kier alpha value is -1.11. The van der Waals surface area contributed by atoms with Crippen LogP contribution in [0.25, 0.3) is 0 Å². The minimum Gasteiger partial charge on any atom is -0.311 e. The molecule has 7 heteroatoms. The molecule has 0 atom stereocenters. The second-order valence-corrected chi connectivity index (χ2v) is 7.08. The minimum atomic E-state index is -3.27. The topological polar surface area (TPSA) is 66.5 Å². The fourth-order valence-electron chi connectivity index (χ4n) is 1.83. The molecule has 1 aromatic carbocycles. The monoisotopic (exact) mass is 332 g/mol. The number of hydrogen-bond donors (Lipinski definition) is 1. The Kier molecular flexibility index (Phi) is 7.14. The van der Waals surface area contributed by atoms with Gasteiger partial charge in [0.2, 0.25) is 15.9 Å². The quantitative estimate of drug-likeness (QED) is 0.795. The first-order valence-electron chi connectivity index (χ1n) is 6.86. The molecule has 0 aliphatic carbocycles. The van der Waals surface area contributed by atoms with Crippen LogP contribution in [0.3, 0.4) is 0 Å². The maximum absolute atomic E-state index is 11.7. The molecule has 1 amide bonds. The van der Waals surface area contributed by atoms with Crippen molar-refractivity contribution in [3.63, 3.8) is 0 Å². The summed E-state index contributed by atoms with van der Waals surface area (Å²) in [6, 6.07) is 6.91. The van der Waals surface area contributed by atoms with Gasteiger partial charge in [-0.15, -0.1) is 0 Å². The normalized spacial score (nSPS) is 11.4. The molecular weight excluding hydrogens is 312 g/mol. The van der Waals surface area contributed by atoms with Gasteiger partial charge in [-0.2, -0.15) is 0 Å². The van der Waals surface area contributed by atoms with Gasteiger partial charge in [-0.25, -0.2) is 13.1 Å². The van der Waals surface area contributed by atoms with E-state index in [2.05, 4.69) is 4.72 Å². The number of unbranched alkanes of at least 4 members (excludes halogenated alkanes) is 1. The Morgan fingerprint density at radius 2 is 2.10 bits per heavy atom. The summed E-state index contributed by atoms with van der Waals surface area (Å²) in [5, 5.41) is 0.530. The molecule has 21 heavy (non-hydrogen) atoms. The van der Waals surface area contributed by atoms with Crippen molar-refractivity contribution in [2.75, 3.05) is 23.7 Å². The number of sulfonamides is 1. The van der Waals surface area contributed by atoms with E-state index >= 15 is 0 Å². The first-order valence-corrected chi connectivity index (χ1v) is 8.89. The molecule has 5 nitrogen and oxygen atoms in total. The van der Waals surface area contributed by atoms with Gasteiger partial charge in [-0.05, 0) is 24.6 Å². The number of benzene rings is 1. The Morgan fingerprint density at radius 3 is 2.67 bits per heavy atom. The Balaban J connectivity index is 2.63. The van der Waals surface area contributed by atoms with Crippen molar-refractivity contribution >= 4 is 33.2 Å². The number of rotatable bonds is 8. The van der Waals surface area contributed by atoms with Gasteiger partial charge in [0.25, 0.3) is 0 Å². The van der Waals surface area contributed by atoms with Gasteiger partial charge in [0.1, 0.15) is 0 Å². The number of carbonyl (C=O) groups excluding carboxylic acids is 1. The van der Waals surface area contributed by atoms with Crippen LogP contribution < -0.4 is 9.62 Å². The third kappa shape index (κ3) is 6.46. The van der Waals surface area contributed by atoms with Gasteiger partial charge in [0, 0.05) is 30.7 Å². The maximum atomic E-state index is 11.7. The number of amides is 1. The van der Waals surface area contributed by atoms with Crippen LogP contribution in [0.5, 0.6) is 0 Å². The van der Waals surface area contributed by atoms with Gasteiger partial charge in [0.05, 0.1) is 5.75 Å². The Morgan fingerprint density at radius 1 is 1.38 bits per heavy atom. The van der Waals surface area contributed by atoms with E-state index in [1.807, 2.05) is 6.92 Å². The van der Waals surface area contributed by atoms with Crippen LogP contribution in [-0.4, -0.2) is 33.2 Å². The van der Waals surface area contributed by atoms with Gasteiger partial charge in [-0.1, -0.05) is 31.0 Å².